The van der Waals surface area contributed by atoms with Gasteiger partial charge in [-0.1, -0.05) is 6.07 Å². The Hall–Kier alpha value is -1.13. The Morgan fingerprint density at radius 3 is 3.12 bits per heavy atom. The highest BCUT2D eigenvalue weighted by molar-refractivity contribution is 5.22. The molecule has 88 valence electrons. The maximum atomic E-state index is 12.9. The van der Waals surface area contributed by atoms with Crippen LogP contribution in [0.4, 0.5) is 4.39 Å². The van der Waals surface area contributed by atoms with Crippen LogP contribution >= 0.6 is 0 Å². The Morgan fingerprint density at radius 1 is 1.50 bits per heavy atom. The number of nitrogens with one attached hydrogen (secondary N) is 1. The van der Waals surface area contributed by atoms with Crippen LogP contribution in [0.5, 0.6) is 5.75 Å². The second-order valence-corrected chi connectivity index (χ2v) is 4.00. The molecule has 0 unspecified atom stereocenters. The van der Waals surface area contributed by atoms with Crippen molar-refractivity contribution in [3.63, 3.8) is 0 Å². The molecule has 0 saturated carbocycles. The van der Waals surface area contributed by atoms with Gasteiger partial charge in [0.15, 0.2) is 0 Å². The number of ether oxygens (including phenoxy) is 2. The van der Waals surface area contributed by atoms with E-state index in [0.29, 0.717) is 12.4 Å². The van der Waals surface area contributed by atoms with E-state index in [9.17, 15) is 4.39 Å². The lowest BCUT2D eigenvalue weighted by Crippen LogP contribution is -2.45. The fourth-order valence-electron chi connectivity index (χ4n) is 1.72. The normalized spacial score (nSPS) is 25.4. The van der Waals surface area contributed by atoms with Gasteiger partial charge in [0.1, 0.15) is 24.3 Å². The first-order valence-electron chi connectivity index (χ1n) is 5.48. The Labute approximate surface area is 94.6 Å². The lowest BCUT2D eigenvalue weighted by Gasteiger charge is -2.28. The van der Waals surface area contributed by atoms with Gasteiger partial charge in [0.05, 0.1) is 6.10 Å². The van der Waals surface area contributed by atoms with Gasteiger partial charge >= 0.3 is 0 Å². The van der Waals surface area contributed by atoms with Crippen LogP contribution in [0.25, 0.3) is 0 Å². The van der Waals surface area contributed by atoms with Crippen LogP contribution in [-0.4, -0.2) is 31.9 Å². The van der Waals surface area contributed by atoms with Crippen LogP contribution in [0, 0.1) is 5.82 Å². The Balaban J connectivity index is 1.82. The van der Waals surface area contributed by atoms with E-state index in [0.717, 1.165) is 13.1 Å². The summed E-state index contributed by atoms with van der Waals surface area (Å²) in [4.78, 5) is 0. The minimum atomic E-state index is -0.284. The molecule has 1 aliphatic heterocycles. The zero-order valence-corrected chi connectivity index (χ0v) is 9.28. The van der Waals surface area contributed by atoms with E-state index in [1.54, 1.807) is 12.1 Å². The van der Waals surface area contributed by atoms with Gasteiger partial charge in [0.25, 0.3) is 0 Å². The van der Waals surface area contributed by atoms with Gasteiger partial charge in [0, 0.05) is 19.2 Å². The summed E-state index contributed by atoms with van der Waals surface area (Å²) in [5.41, 5.74) is 0. The fraction of sp³-hybridized carbons (Fsp3) is 0.500. The average molecular weight is 225 g/mol. The van der Waals surface area contributed by atoms with E-state index in [1.165, 1.54) is 12.1 Å². The van der Waals surface area contributed by atoms with Crippen LogP contribution < -0.4 is 10.1 Å². The van der Waals surface area contributed by atoms with E-state index < -0.39 is 0 Å². The lowest BCUT2D eigenvalue weighted by atomic mass is 10.2. The minimum Gasteiger partial charge on any atom is -0.491 e. The average Bonchev–Trinajstić information content (AvgIpc) is 2.27. The molecule has 0 bridgehead atoms. The molecule has 0 aliphatic carbocycles. The molecule has 0 spiro atoms. The standard InChI is InChI=1S/C12H16FNO2/c1-9-6-14-7-12(16-9)8-15-11-4-2-3-10(13)5-11/h2-5,9,12,14H,6-8H2,1H3/t9-,12-/m1/s1. The van der Waals surface area contributed by atoms with Crippen LogP contribution in [0.3, 0.4) is 0 Å². The first-order chi connectivity index (χ1) is 7.74. The molecule has 1 saturated heterocycles. The Kier molecular flexibility index (Phi) is 3.74. The molecule has 1 aliphatic rings. The Morgan fingerprint density at radius 2 is 2.38 bits per heavy atom. The van der Waals surface area contributed by atoms with E-state index in [1.807, 2.05) is 6.92 Å². The van der Waals surface area contributed by atoms with Gasteiger partial charge in [-0.15, -0.1) is 0 Å². The quantitative estimate of drug-likeness (QED) is 0.847. The zero-order valence-electron chi connectivity index (χ0n) is 9.28. The number of morpholine rings is 1. The molecule has 0 radical (unpaired) electrons. The third kappa shape index (κ3) is 3.18. The summed E-state index contributed by atoms with van der Waals surface area (Å²) in [7, 11) is 0. The molecular formula is C12H16FNO2. The van der Waals surface area contributed by atoms with Crippen molar-refractivity contribution in [2.45, 2.75) is 19.1 Å². The van der Waals surface area contributed by atoms with Gasteiger partial charge in [-0.2, -0.15) is 0 Å². The molecule has 1 aromatic carbocycles. The molecule has 1 N–H and O–H groups in total. The molecule has 0 amide bonds. The summed E-state index contributed by atoms with van der Waals surface area (Å²) in [6.45, 7) is 4.11. The molecule has 1 aromatic rings. The highest BCUT2D eigenvalue weighted by Gasteiger charge is 2.19. The summed E-state index contributed by atoms with van der Waals surface area (Å²) in [6.07, 6.45) is 0.238. The van der Waals surface area contributed by atoms with Gasteiger partial charge in [0.2, 0.25) is 0 Å². The number of halogens is 1. The maximum Gasteiger partial charge on any atom is 0.126 e. The zero-order chi connectivity index (χ0) is 11.4. The number of hydrogen-bond acceptors (Lipinski definition) is 3. The third-order valence-corrected chi connectivity index (χ3v) is 2.46. The van der Waals surface area contributed by atoms with E-state index in [2.05, 4.69) is 5.32 Å². The molecule has 3 nitrogen and oxygen atoms in total. The molecule has 4 heteroatoms. The predicted molar refractivity (Wildman–Crippen MR) is 59.1 cm³/mol. The molecule has 16 heavy (non-hydrogen) atoms. The molecular weight excluding hydrogens is 209 g/mol. The number of hydrogen-bond donors (Lipinski definition) is 1. The molecule has 2 atom stereocenters. The largest absolute Gasteiger partial charge is 0.491 e. The molecule has 0 aromatic heterocycles. The van der Waals surface area contributed by atoms with Gasteiger partial charge < -0.3 is 14.8 Å². The summed E-state index contributed by atoms with van der Waals surface area (Å²) in [6, 6.07) is 6.14. The van der Waals surface area contributed by atoms with Crippen LogP contribution in [-0.2, 0) is 4.74 Å². The monoisotopic (exact) mass is 225 g/mol. The van der Waals surface area contributed by atoms with E-state index in [4.69, 9.17) is 9.47 Å². The van der Waals surface area contributed by atoms with Crippen molar-refractivity contribution in [3.8, 4) is 5.75 Å². The van der Waals surface area contributed by atoms with E-state index in [-0.39, 0.29) is 18.0 Å². The lowest BCUT2D eigenvalue weighted by molar-refractivity contribution is -0.0470. The van der Waals surface area contributed by atoms with Crippen LogP contribution in [0.15, 0.2) is 24.3 Å². The summed E-state index contributed by atoms with van der Waals surface area (Å²) in [5, 5.41) is 3.25. The number of rotatable bonds is 3. The Bertz CT molecular complexity index is 346. The van der Waals surface area contributed by atoms with Gasteiger partial charge in [-0.3, -0.25) is 0 Å². The highest BCUT2D eigenvalue weighted by atomic mass is 19.1. The minimum absolute atomic E-state index is 0.0343. The summed E-state index contributed by atoms with van der Waals surface area (Å²) in [5.74, 6) is 0.260. The second kappa shape index (κ2) is 5.27. The van der Waals surface area contributed by atoms with Crippen molar-refractivity contribution in [1.29, 1.82) is 0 Å². The fourth-order valence-corrected chi connectivity index (χ4v) is 1.72. The van der Waals surface area contributed by atoms with Crippen molar-refractivity contribution in [3.05, 3.63) is 30.1 Å². The van der Waals surface area contributed by atoms with Crippen LogP contribution in [0.2, 0.25) is 0 Å². The van der Waals surface area contributed by atoms with Crippen molar-refractivity contribution in [1.82, 2.24) is 5.32 Å². The van der Waals surface area contributed by atoms with Crippen molar-refractivity contribution in [2.24, 2.45) is 0 Å². The SMILES string of the molecule is C[C@@H]1CNC[C@H](COc2cccc(F)c2)O1. The molecule has 1 fully saturated rings. The first kappa shape index (κ1) is 11.4. The van der Waals surface area contributed by atoms with Gasteiger partial charge in [-0.05, 0) is 19.1 Å². The first-order valence-corrected chi connectivity index (χ1v) is 5.48. The maximum absolute atomic E-state index is 12.9. The second-order valence-electron chi connectivity index (χ2n) is 4.00. The number of benzene rings is 1. The summed E-state index contributed by atoms with van der Waals surface area (Å²) >= 11 is 0. The predicted octanol–water partition coefficient (Wildman–Crippen LogP) is 1.58. The van der Waals surface area contributed by atoms with E-state index >= 15 is 0 Å². The van der Waals surface area contributed by atoms with Crippen molar-refractivity contribution in [2.75, 3.05) is 19.7 Å². The van der Waals surface area contributed by atoms with Crippen LogP contribution in [0.1, 0.15) is 6.92 Å². The smallest absolute Gasteiger partial charge is 0.126 e. The topological polar surface area (TPSA) is 30.5 Å². The molecule has 1 heterocycles. The molecule has 2 rings (SSSR count). The van der Waals surface area contributed by atoms with Gasteiger partial charge in [-0.25, -0.2) is 4.39 Å². The summed E-state index contributed by atoms with van der Waals surface area (Å²) < 4.78 is 24.0. The highest BCUT2D eigenvalue weighted by Crippen LogP contribution is 2.13. The van der Waals surface area contributed by atoms with Crippen molar-refractivity contribution >= 4 is 0 Å². The third-order valence-electron chi connectivity index (χ3n) is 2.46. The van der Waals surface area contributed by atoms with Crippen molar-refractivity contribution < 1.29 is 13.9 Å².